The molecule has 166 valence electrons. The standard InChI is InChI=1S/C23H35N3O3S/c1-23(2,3)22(28)29-25-13-10-17(11-14-25)20-24-18(15-30-20)21(27)26-12-6-8-16-7-4-5-9-19(16)26/h15-17,19H,4-14H2,1-3H3. The zero-order valence-corrected chi connectivity index (χ0v) is 19.4. The highest BCUT2D eigenvalue weighted by atomic mass is 32.1. The van der Waals surface area contributed by atoms with E-state index in [0.717, 1.165) is 37.2 Å². The lowest BCUT2D eigenvalue weighted by Gasteiger charge is -2.43. The Hall–Kier alpha value is -1.47. The molecule has 3 heterocycles. The van der Waals surface area contributed by atoms with Gasteiger partial charge in [-0.15, -0.1) is 16.4 Å². The number of hydrogen-bond acceptors (Lipinski definition) is 6. The monoisotopic (exact) mass is 433 g/mol. The van der Waals surface area contributed by atoms with Crippen molar-refractivity contribution in [1.29, 1.82) is 0 Å². The zero-order chi connectivity index (χ0) is 21.3. The summed E-state index contributed by atoms with van der Waals surface area (Å²) >= 11 is 1.61. The highest BCUT2D eigenvalue weighted by Crippen LogP contribution is 2.37. The molecule has 3 fully saturated rings. The first-order chi connectivity index (χ1) is 14.3. The average molecular weight is 434 g/mol. The van der Waals surface area contributed by atoms with Gasteiger partial charge in [0.1, 0.15) is 5.69 Å². The number of aromatic nitrogens is 1. The largest absolute Gasteiger partial charge is 0.367 e. The van der Waals surface area contributed by atoms with Crippen molar-refractivity contribution in [3.05, 3.63) is 16.1 Å². The van der Waals surface area contributed by atoms with E-state index in [2.05, 4.69) is 4.90 Å². The lowest BCUT2D eigenvalue weighted by atomic mass is 9.78. The summed E-state index contributed by atoms with van der Waals surface area (Å²) in [5.41, 5.74) is 0.135. The van der Waals surface area contributed by atoms with E-state index in [1.54, 1.807) is 16.4 Å². The maximum Gasteiger partial charge on any atom is 0.330 e. The summed E-state index contributed by atoms with van der Waals surface area (Å²) in [4.78, 5) is 37.7. The van der Waals surface area contributed by atoms with Gasteiger partial charge in [0.2, 0.25) is 0 Å². The van der Waals surface area contributed by atoms with Crippen LogP contribution in [0.2, 0.25) is 0 Å². The number of thiazole rings is 1. The molecule has 0 N–H and O–H groups in total. The summed E-state index contributed by atoms with van der Waals surface area (Å²) in [6.45, 7) is 7.91. The number of piperidine rings is 2. The molecule has 1 aromatic heterocycles. The van der Waals surface area contributed by atoms with Crippen molar-refractivity contribution < 1.29 is 14.4 Å². The Balaban J connectivity index is 1.34. The lowest BCUT2D eigenvalue weighted by molar-refractivity contribution is -0.204. The number of nitrogens with zero attached hydrogens (tertiary/aromatic N) is 3. The molecule has 3 aliphatic rings. The molecule has 1 aliphatic carbocycles. The normalized spacial score (nSPS) is 26.3. The van der Waals surface area contributed by atoms with Gasteiger partial charge in [-0.05, 0) is 65.2 Å². The summed E-state index contributed by atoms with van der Waals surface area (Å²) in [5.74, 6) is 0.968. The van der Waals surface area contributed by atoms with Crippen LogP contribution in [0.3, 0.4) is 0 Å². The Morgan fingerprint density at radius 1 is 1.03 bits per heavy atom. The van der Waals surface area contributed by atoms with Gasteiger partial charge in [0.05, 0.1) is 10.4 Å². The summed E-state index contributed by atoms with van der Waals surface area (Å²) in [6.07, 6.45) is 9.17. The number of amides is 1. The molecule has 2 unspecified atom stereocenters. The summed E-state index contributed by atoms with van der Waals surface area (Å²) < 4.78 is 0. The average Bonchev–Trinajstić information content (AvgIpc) is 3.23. The molecule has 0 spiro atoms. The van der Waals surface area contributed by atoms with Gasteiger partial charge in [0.25, 0.3) is 5.91 Å². The molecule has 2 saturated heterocycles. The van der Waals surface area contributed by atoms with Crippen LogP contribution in [0.25, 0.3) is 0 Å². The number of hydrogen-bond donors (Lipinski definition) is 0. The molecule has 7 heteroatoms. The van der Waals surface area contributed by atoms with E-state index in [4.69, 9.17) is 9.82 Å². The Morgan fingerprint density at radius 3 is 2.47 bits per heavy atom. The van der Waals surface area contributed by atoms with Crippen LogP contribution in [-0.2, 0) is 9.63 Å². The maximum absolute atomic E-state index is 13.2. The molecule has 0 radical (unpaired) electrons. The molecule has 2 aliphatic heterocycles. The predicted molar refractivity (Wildman–Crippen MR) is 117 cm³/mol. The summed E-state index contributed by atoms with van der Waals surface area (Å²) in [6, 6.07) is 0.422. The van der Waals surface area contributed by atoms with Gasteiger partial charge in [0, 0.05) is 37.0 Å². The summed E-state index contributed by atoms with van der Waals surface area (Å²) in [7, 11) is 0. The predicted octanol–water partition coefficient (Wildman–Crippen LogP) is 4.62. The fourth-order valence-electron chi connectivity index (χ4n) is 5.05. The van der Waals surface area contributed by atoms with E-state index < -0.39 is 5.41 Å². The lowest BCUT2D eigenvalue weighted by Crippen LogP contribution is -2.49. The molecule has 4 rings (SSSR count). The van der Waals surface area contributed by atoms with Crippen molar-refractivity contribution in [2.75, 3.05) is 19.6 Å². The molecular weight excluding hydrogens is 398 g/mol. The molecule has 2 atom stereocenters. The van der Waals surface area contributed by atoms with Gasteiger partial charge in [-0.2, -0.15) is 0 Å². The third kappa shape index (κ3) is 4.72. The highest BCUT2D eigenvalue weighted by Gasteiger charge is 2.37. The third-order valence-electron chi connectivity index (χ3n) is 6.87. The second-order valence-corrected chi connectivity index (χ2v) is 11.0. The minimum atomic E-state index is -0.493. The topological polar surface area (TPSA) is 62.7 Å². The van der Waals surface area contributed by atoms with Gasteiger partial charge in [-0.3, -0.25) is 4.79 Å². The number of hydroxylamine groups is 2. The van der Waals surface area contributed by atoms with Crippen molar-refractivity contribution in [2.45, 2.75) is 84.1 Å². The van der Waals surface area contributed by atoms with E-state index in [1.165, 1.54) is 25.7 Å². The molecule has 1 aromatic rings. The minimum absolute atomic E-state index is 0.130. The van der Waals surface area contributed by atoms with E-state index in [9.17, 15) is 9.59 Å². The highest BCUT2D eigenvalue weighted by molar-refractivity contribution is 7.09. The second kappa shape index (κ2) is 8.95. The van der Waals surface area contributed by atoms with Gasteiger partial charge >= 0.3 is 5.97 Å². The molecular formula is C23H35N3O3S. The molecule has 6 nitrogen and oxygen atoms in total. The SMILES string of the molecule is CC(C)(C)C(=O)ON1CCC(c2nc(C(=O)N3CCCC4CCCCC43)cs2)CC1. The molecule has 0 aromatic carbocycles. The van der Waals surface area contributed by atoms with Crippen LogP contribution in [0.15, 0.2) is 5.38 Å². The van der Waals surface area contributed by atoms with Gasteiger partial charge in [0.15, 0.2) is 0 Å². The van der Waals surface area contributed by atoms with Crippen molar-refractivity contribution in [2.24, 2.45) is 11.3 Å². The van der Waals surface area contributed by atoms with E-state index in [0.29, 0.717) is 36.7 Å². The maximum atomic E-state index is 13.2. The third-order valence-corrected chi connectivity index (χ3v) is 7.88. The molecule has 0 bridgehead atoms. The Morgan fingerprint density at radius 2 is 1.73 bits per heavy atom. The van der Waals surface area contributed by atoms with Crippen LogP contribution in [0.5, 0.6) is 0 Å². The molecule has 1 saturated carbocycles. The van der Waals surface area contributed by atoms with Gasteiger partial charge in [-0.1, -0.05) is 12.8 Å². The fourth-order valence-corrected chi connectivity index (χ4v) is 6.01. The van der Waals surface area contributed by atoms with Crippen LogP contribution in [0, 0.1) is 11.3 Å². The van der Waals surface area contributed by atoms with Gasteiger partial charge in [-0.25, -0.2) is 9.78 Å². The van der Waals surface area contributed by atoms with Crippen molar-refractivity contribution in [1.82, 2.24) is 14.9 Å². The van der Waals surface area contributed by atoms with Crippen molar-refractivity contribution in [3.63, 3.8) is 0 Å². The van der Waals surface area contributed by atoms with E-state index in [-0.39, 0.29) is 11.9 Å². The Labute approximate surface area is 183 Å². The summed E-state index contributed by atoms with van der Waals surface area (Å²) in [5, 5.41) is 4.79. The number of fused-ring (bicyclic) bond motifs is 1. The minimum Gasteiger partial charge on any atom is -0.367 e. The number of carbonyl (C=O) groups excluding carboxylic acids is 2. The van der Waals surface area contributed by atoms with Crippen LogP contribution in [-0.4, -0.2) is 52.5 Å². The first kappa shape index (κ1) is 21.8. The Kier molecular flexibility index (Phi) is 6.49. The van der Waals surface area contributed by atoms with Crippen LogP contribution in [0.4, 0.5) is 0 Å². The van der Waals surface area contributed by atoms with Crippen molar-refractivity contribution >= 4 is 23.2 Å². The van der Waals surface area contributed by atoms with Gasteiger partial charge < -0.3 is 9.74 Å². The van der Waals surface area contributed by atoms with E-state index >= 15 is 0 Å². The second-order valence-electron chi connectivity index (χ2n) is 10.2. The van der Waals surface area contributed by atoms with Crippen LogP contribution < -0.4 is 0 Å². The van der Waals surface area contributed by atoms with E-state index in [1.807, 2.05) is 26.2 Å². The Bertz CT molecular complexity index is 762. The molecule has 30 heavy (non-hydrogen) atoms. The van der Waals surface area contributed by atoms with Crippen LogP contribution in [0.1, 0.15) is 93.6 Å². The van der Waals surface area contributed by atoms with Crippen molar-refractivity contribution in [3.8, 4) is 0 Å². The smallest absolute Gasteiger partial charge is 0.330 e. The first-order valence-electron chi connectivity index (χ1n) is 11.6. The zero-order valence-electron chi connectivity index (χ0n) is 18.6. The number of rotatable bonds is 3. The molecule has 1 amide bonds. The first-order valence-corrected chi connectivity index (χ1v) is 12.4. The quantitative estimate of drug-likeness (QED) is 0.696. The number of carbonyl (C=O) groups is 2. The fraction of sp³-hybridized carbons (Fsp3) is 0.783. The number of likely N-dealkylation sites (tertiary alicyclic amines) is 1. The van der Waals surface area contributed by atoms with Crippen LogP contribution >= 0.6 is 11.3 Å².